The summed E-state index contributed by atoms with van der Waals surface area (Å²) in [5.41, 5.74) is 0.0953. The number of hydrogen-bond donors (Lipinski definition) is 0. The van der Waals surface area contributed by atoms with Gasteiger partial charge in [-0.05, 0) is 0 Å². The molecule has 0 aliphatic carbocycles. The molecule has 0 amide bonds. The van der Waals surface area contributed by atoms with Crippen molar-refractivity contribution in [3.8, 4) is 0 Å². The highest BCUT2D eigenvalue weighted by Gasteiger charge is 2.32. The number of esters is 2. The maximum absolute atomic E-state index is 10.9. The van der Waals surface area contributed by atoms with Crippen molar-refractivity contribution >= 4 is 17.7 Å². The van der Waals surface area contributed by atoms with Crippen LogP contribution in [0.25, 0.3) is 0 Å². The normalized spacial score (nSPS) is 20.2. The van der Waals surface area contributed by atoms with Crippen LogP contribution in [-0.2, 0) is 23.9 Å². The first kappa shape index (κ1) is 9.50. The van der Waals surface area contributed by atoms with Gasteiger partial charge < -0.3 is 14.3 Å². The standard InChI is InChI=1S/C7H9NO5/c1-11-6(9)4-3-5(13-8-4)7(10)12-2/h5H,3H2,1-2H3. The number of carbonyl (C=O) groups excluding carboxylic acids is 2. The molecule has 1 aliphatic rings. The van der Waals surface area contributed by atoms with E-state index in [1.165, 1.54) is 14.2 Å². The fourth-order valence-corrected chi connectivity index (χ4v) is 0.874. The first-order valence-corrected chi connectivity index (χ1v) is 3.58. The Morgan fingerprint density at radius 2 is 2.15 bits per heavy atom. The van der Waals surface area contributed by atoms with Gasteiger partial charge >= 0.3 is 11.9 Å². The molecule has 1 unspecified atom stereocenters. The van der Waals surface area contributed by atoms with Crippen LogP contribution in [0, 0.1) is 0 Å². The predicted molar refractivity (Wildman–Crippen MR) is 41.0 cm³/mol. The van der Waals surface area contributed by atoms with E-state index in [4.69, 9.17) is 0 Å². The first-order valence-electron chi connectivity index (χ1n) is 3.58. The second-order valence-corrected chi connectivity index (χ2v) is 2.35. The molecule has 1 rings (SSSR count). The molecule has 13 heavy (non-hydrogen) atoms. The zero-order chi connectivity index (χ0) is 9.84. The summed E-state index contributed by atoms with van der Waals surface area (Å²) in [4.78, 5) is 26.4. The summed E-state index contributed by atoms with van der Waals surface area (Å²) in [6.45, 7) is 0. The Labute approximate surface area is 74.4 Å². The molecule has 1 atom stereocenters. The maximum atomic E-state index is 10.9. The molecule has 0 saturated heterocycles. The van der Waals surface area contributed by atoms with E-state index >= 15 is 0 Å². The number of oxime groups is 1. The molecule has 0 radical (unpaired) electrons. The molecule has 6 nitrogen and oxygen atoms in total. The maximum Gasteiger partial charge on any atom is 0.355 e. The fourth-order valence-electron chi connectivity index (χ4n) is 0.874. The van der Waals surface area contributed by atoms with E-state index in [2.05, 4.69) is 19.5 Å². The molecule has 0 aromatic heterocycles. The van der Waals surface area contributed by atoms with Crippen molar-refractivity contribution in [2.45, 2.75) is 12.5 Å². The van der Waals surface area contributed by atoms with Gasteiger partial charge in [0.05, 0.1) is 20.6 Å². The summed E-state index contributed by atoms with van der Waals surface area (Å²) in [6.07, 6.45) is -0.724. The Morgan fingerprint density at radius 3 is 2.69 bits per heavy atom. The lowest BCUT2D eigenvalue weighted by atomic mass is 10.2. The van der Waals surface area contributed by atoms with Crippen LogP contribution in [0.1, 0.15) is 6.42 Å². The molecule has 0 aromatic rings. The number of nitrogens with zero attached hydrogens (tertiary/aromatic N) is 1. The van der Waals surface area contributed by atoms with Gasteiger partial charge in [-0.25, -0.2) is 9.59 Å². The smallest absolute Gasteiger partial charge is 0.355 e. The molecule has 0 bridgehead atoms. The molecular formula is C7H9NO5. The number of hydrogen-bond acceptors (Lipinski definition) is 6. The van der Waals surface area contributed by atoms with Gasteiger partial charge in [-0.3, -0.25) is 0 Å². The van der Waals surface area contributed by atoms with Crippen LogP contribution in [0.5, 0.6) is 0 Å². The molecule has 0 spiro atoms. The SMILES string of the molecule is COC(=O)C1=NOC(C(=O)OC)C1. The molecule has 1 aliphatic heterocycles. The van der Waals surface area contributed by atoms with Gasteiger partial charge in [-0.15, -0.1) is 0 Å². The molecule has 0 N–H and O–H groups in total. The molecule has 0 saturated carbocycles. The van der Waals surface area contributed by atoms with Crippen LogP contribution in [0.3, 0.4) is 0 Å². The fraction of sp³-hybridized carbons (Fsp3) is 0.571. The van der Waals surface area contributed by atoms with Gasteiger partial charge in [0.25, 0.3) is 0 Å². The van der Waals surface area contributed by atoms with Gasteiger partial charge in [-0.1, -0.05) is 5.16 Å². The van der Waals surface area contributed by atoms with Crippen LogP contribution in [-0.4, -0.2) is 38.0 Å². The molecular weight excluding hydrogens is 178 g/mol. The highest BCUT2D eigenvalue weighted by molar-refractivity contribution is 6.37. The average Bonchev–Trinajstić information content (AvgIpc) is 2.64. The highest BCUT2D eigenvalue weighted by atomic mass is 16.7. The molecule has 6 heteroatoms. The van der Waals surface area contributed by atoms with Crippen molar-refractivity contribution in [1.82, 2.24) is 0 Å². The predicted octanol–water partition coefficient (Wildman–Crippen LogP) is -0.523. The third-order valence-electron chi connectivity index (χ3n) is 1.55. The molecule has 0 fully saturated rings. The van der Waals surface area contributed by atoms with Gasteiger partial charge in [0, 0.05) is 0 Å². The minimum atomic E-state index is -0.820. The van der Waals surface area contributed by atoms with Crippen LogP contribution in [0.4, 0.5) is 0 Å². The highest BCUT2D eigenvalue weighted by Crippen LogP contribution is 2.12. The molecule has 72 valence electrons. The van der Waals surface area contributed by atoms with E-state index in [9.17, 15) is 9.59 Å². The van der Waals surface area contributed by atoms with E-state index in [-0.39, 0.29) is 12.1 Å². The largest absolute Gasteiger partial charge is 0.466 e. The van der Waals surface area contributed by atoms with E-state index in [1.807, 2.05) is 0 Å². The van der Waals surface area contributed by atoms with Crippen molar-refractivity contribution in [2.75, 3.05) is 14.2 Å². The second kappa shape index (κ2) is 3.88. The Morgan fingerprint density at radius 1 is 1.46 bits per heavy atom. The van der Waals surface area contributed by atoms with Gasteiger partial charge in [0.2, 0.25) is 6.10 Å². The lowest BCUT2D eigenvalue weighted by Crippen LogP contribution is -2.24. The van der Waals surface area contributed by atoms with Crippen molar-refractivity contribution < 1.29 is 23.9 Å². The number of rotatable bonds is 2. The lowest BCUT2D eigenvalue weighted by Gasteiger charge is -2.03. The van der Waals surface area contributed by atoms with Crippen molar-refractivity contribution in [3.05, 3.63) is 0 Å². The number of carbonyl (C=O) groups is 2. The third kappa shape index (κ3) is 1.95. The van der Waals surface area contributed by atoms with Gasteiger partial charge in [0.1, 0.15) is 0 Å². The summed E-state index contributed by atoms with van der Waals surface area (Å²) in [6, 6.07) is 0. The lowest BCUT2D eigenvalue weighted by molar-refractivity contribution is -0.152. The minimum absolute atomic E-state index is 0.0953. The minimum Gasteiger partial charge on any atom is -0.466 e. The third-order valence-corrected chi connectivity index (χ3v) is 1.55. The van der Waals surface area contributed by atoms with E-state index in [1.54, 1.807) is 0 Å². The summed E-state index contributed by atoms with van der Waals surface area (Å²) in [7, 11) is 2.47. The van der Waals surface area contributed by atoms with E-state index in [0.29, 0.717) is 0 Å². The zero-order valence-corrected chi connectivity index (χ0v) is 7.27. The Kier molecular flexibility index (Phi) is 2.84. The second-order valence-electron chi connectivity index (χ2n) is 2.35. The quantitative estimate of drug-likeness (QED) is 0.543. The summed E-state index contributed by atoms with van der Waals surface area (Å²) < 4.78 is 8.80. The van der Waals surface area contributed by atoms with E-state index < -0.39 is 18.0 Å². The topological polar surface area (TPSA) is 74.2 Å². The van der Waals surface area contributed by atoms with Crippen molar-refractivity contribution in [1.29, 1.82) is 0 Å². The summed E-state index contributed by atoms with van der Waals surface area (Å²) >= 11 is 0. The summed E-state index contributed by atoms with van der Waals surface area (Å²) in [5.74, 6) is -1.14. The Balaban J connectivity index is 2.51. The number of ether oxygens (including phenoxy) is 2. The van der Waals surface area contributed by atoms with Crippen LogP contribution >= 0.6 is 0 Å². The van der Waals surface area contributed by atoms with Crippen LogP contribution in [0.2, 0.25) is 0 Å². The van der Waals surface area contributed by atoms with Crippen molar-refractivity contribution in [3.63, 3.8) is 0 Å². The molecule has 0 aromatic carbocycles. The first-order chi connectivity index (χ1) is 6.19. The molecule has 1 heterocycles. The van der Waals surface area contributed by atoms with Crippen LogP contribution in [0.15, 0.2) is 5.16 Å². The Hall–Kier alpha value is -1.59. The summed E-state index contributed by atoms with van der Waals surface area (Å²) in [5, 5.41) is 3.40. The zero-order valence-electron chi connectivity index (χ0n) is 7.27. The van der Waals surface area contributed by atoms with E-state index in [0.717, 1.165) is 0 Å². The monoisotopic (exact) mass is 187 g/mol. The number of methoxy groups -OCH3 is 2. The van der Waals surface area contributed by atoms with Gasteiger partial charge in [-0.2, -0.15) is 0 Å². The average molecular weight is 187 g/mol. The van der Waals surface area contributed by atoms with Crippen molar-refractivity contribution in [2.24, 2.45) is 5.16 Å². The Bertz CT molecular complexity index is 260. The van der Waals surface area contributed by atoms with Gasteiger partial charge in [0.15, 0.2) is 5.71 Å². The van der Waals surface area contributed by atoms with Crippen LogP contribution < -0.4 is 0 Å².